The van der Waals surface area contributed by atoms with Crippen molar-refractivity contribution in [1.29, 1.82) is 0 Å². The molecule has 0 aromatic heterocycles. The number of nitrogens with one attached hydrogen (secondary N) is 1. The molecular weight excluding hydrogens is 529 g/mol. The van der Waals surface area contributed by atoms with Crippen molar-refractivity contribution in [3.05, 3.63) is 0 Å². The molecule has 1 unspecified atom stereocenters. The number of piperidine rings is 1. The third kappa shape index (κ3) is 9.69. The Morgan fingerprint density at radius 3 is 2.39 bits per heavy atom. The minimum absolute atomic E-state index is 0. The van der Waals surface area contributed by atoms with Crippen molar-refractivity contribution in [2.75, 3.05) is 64.7 Å². The van der Waals surface area contributed by atoms with Gasteiger partial charge in [0.1, 0.15) is 0 Å². The molecule has 2 aliphatic heterocycles. The molecule has 2 aliphatic rings. The molecule has 0 radical (unpaired) electrons. The number of piperazine rings is 1. The third-order valence-corrected chi connectivity index (χ3v) is 7.67. The lowest BCUT2D eigenvalue weighted by atomic mass is 9.97. The molecule has 0 spiro atoms. The van der Waals surface area contributed by atoms with Crippen LogP contribution in [0, 0.1) is 5.92 Å². The second-order valence-corrected chi connectivity index (χ2v) is 11.0. The Labute approximate surface area is 207 Å². The van der Waals surface area contributed by atoms with Crippen molar-refractivity contribution in [3.8, 4) is 0 Å². The number of hydrogen-bond acceptors (Lipinski definition) is 5. The van der Waals surface area contributed by atoms with Gasteiger partial charge in [0.2, 0.25) is 10.0 Å². The molecule has 2 saturated heterocycles. The lowest BCUT2D eigenvalue weighted by molar-refractivity contribution is 0.0904. The van der Waals surface area contributed by atoms with E-state index >= 15 is 0 Å². The summed E-state index contributed by atoms with van der Waals surface area (Å²) in [6.07, 6.45) is 2.52. The zero-order chi connectivity index (χ0) is 22.1. The van der Waals surface area contributed by atoms with E-state index in [9.17, 15) is 8.42 Å². The largest absolute Gasteiger partial charge is 0.378 e. The molecule has 1 N–H and O–H groups in total. The van der Waals surface area contributed by atoms with Gasteiger partial charge in [0.25, 0.3) is 0 Å². The average molecular weight is 574 g/mol. The molecule has 0 aliphatic carbocycles. The van der Waals surface area contributed by atoms with E-state index in [1.54, 1.807) is 4.31 Å². The van der Waals surface area contributed by atoms with Crippen LogP contribution in [0.25, 0.3) is 0 Å². The summed E-state index contributed by atoms with van der Waals surface area (Å²) >= 11 is 0. The lowest BCUT2D eigenvalue weighted by Gasteiger charge is -2.37. The van der Waals surface area contributed by atoms with Crippen LogP contribution in [0.1, 0.15) is 47.5 Å². The van der Waals surface area contributed by atoms with Crippen LogP contribution in [0.2, 0.25) is 0 Å². The average Bonchev–Trinajstić information content (AvgIpc) is 2.71. The van der Waals surface area contributed by atoms with E-state index in [1.807, 2.05) is 13.8 Å². The van der Waals surface area contributed by atoms with E-state index in [-0.39, 0.29) is 42.4 Å². The van der Waals surface area contributed by atoms with Crippen LogP contribution in [0.15, 0.2) is 4.99 Å². The fraction of sp³-hybridized carbons (Fsp3) is 0.952. The molecule has 31 heavy (non-hydrogen) atoms. The van der Waals surface area contributed by atoms with Crippen molar-refractivity contribution >= 4 is 40.0 Å². The zero-order valence-electron chi connectivity index (χ0n) is 20.0. The summed E-state index contributed by atoms with van der Waals surface area (Å²) in [5.74, 6) is 1.56. The Morgan fingerprint density at radius 1 is 1.13 bits per heavy atom. The van der Waals surface area contributed by atoms with E-state index in [2.05, 4.69) is 35.9 Å². The first-order valence-electron chi connectivity index (χ1n) is 11.6. The number of nitrogens with zero attached hydrogens (tertiary/aromatic N) is 4. The maximum absolute atomic E-state index is 12.6. The van der Waals surface area contributed by atoms with Crippen LogP contribution in [0.4, 0.5) is 0 Å². The van der Waals surface area contributed by atoms with Crippen LogP contribution < -0.4 is 5.32 Å². The van der Waals surface area contributed by atoms with E-state index in [0.717, 1.165) is 25.6 Å². The van der Waals surface area contributed by atoms with Gasteiger partial charge in [-0.1, -0.05) is 0 Å². The van der Waals surface area contributed by atoms with Crippen LogP contribution in [0.5, 0.6) is 0 Å². The first kappa shape index (κ1) is 28.9. The van der Waals surface area contributed by atoms with Gasteiger partial charge in [-0.2, -0.15) is 4.31 Å². The number of guanidine groups is 1. The molecule has 0 aromatic carbocycles. The maximum atomic E-state index is 12.6. The van der Waals surface area contributed by atoms with Crippen LogP contribution in [-0.2, 0) is 14.8 Å². The number of ether oxygens (including phenoxy) is 1. The Bertz CT molecular complexity index is 637. The Morgan fingerprint density at radius 2 is 1.81 bits per heavy atom. The second kappa shape index (κ2) is 14.2. The van der Waals surface area contributed by atoms with Gasteiger partial charge in [0.15, 0.2) is 5.96 Å². The van der Waals surface area contributed by atoms with Crippen molar-refractivity contribution in [3.63, 3.8) is 0 Å². The highest BCUT2D eigenvalue weighted by atomic mass is 127. The number of rotatable bonds is 9. The van der Waals surface area contributed by atoms with E-state index in [4.69, 9.17) is 9.73 Å². The van der Waals surface area contributed by atoms with Gasteiger partial charge in [-0.15, -0.1) is 24.0 Å². The van der Waals surface area contributed by atoms with Gasteiger partial charge in [-0.25, -0.2) is 8.42 Å². The zero-order valence-corrected chi connectivity index (χ0v) is 23.2. The Balaban J connectivity index is 0.00000480. The van der Waals surface area contributed by atoms with Crippen LogP contribution >= 0.6 is 24.0 Å². The summed E-state index contributed by atoms with van der Waals surface area (Å²) in [6, 6.07) is 0.589. The molecule has 10 heteroatoms. The standard InChI is InChI=1S/C21H43N5O3S.HI/c1-6-22-21(23-16-20-8-7-9-25(17-20)18(2)3)24-10-12-26(13-11-24)30(27,28)15-14-29-19(4)5;/h18-20H,6-17H2,1-5H3,(H,22,23);1H. The van der Waals surface area contributed by atoms with Gasteiger partial charge < -0.3 is 19.9 Å². The van der Waals surface area contributed by atoms with E-state index < -0.39 is 10.0 Å². The summed E-state index contributed by atoms with van der Waals surface area (Å²) in [4.78, 5) is 9.67. The van der Waals surface area contributed by atoms with Crippen molar-refractivity contribution < 1.29 is 13.2 Å². The SMILES string of the molecule is CCNC(=NCC1CCCN(C(C)C)C1)N1CCN(S(=O)(=O)CCOC(C)C)CC1.I. The number of hydrogen-bond donors (Lipinski definition) is 1. The molecule has 8 nitrogen and oxygen atoms in total. The summed E-state index contributed by atoms with van der Waals surface area (Å²) in [5.41, 5.74) is 0. The van der Waals surface area contributed by atoms with Gasteiger partial charge >= 0.3 is 0 Å². The Kier molecular flexibility index (Phi) is 13.2. The summed E-state index contributed by atoms with van der Waals surface area (Å²) in [6.45, 7) is 17.0. The highest BCUT2D eigenvalue weighted by Gasteiger charge is 2.28. The first-order valence-corrected chi connectivity index (χ1v) is 13.2. The van der Waals surface area contributed by atoms with E-state index in [1.165, 1.54) is 19.4 Å². The number of likely N-dealkylation sites (tertiary alicyclic amines) is 1. The van der Waals surface area contributed by atoms with Gasteiger partial charge in [-0.05, 0) is 59.9 Å². The Hall–Kier alpha value is -0.170. The normalized spacial score (nSPS) is 22.1. The van der Waals surface area contributed by atoms with Crippen LogP contribution in [0.3, 0.4) is 0 Å². The van der Waals surface area contributed by atoms with Crippen molar-refractivity contribution in [1.82, 2.24) is 19.4 Å². The molecule has 0 amide bonds. The summed E-state index contributed by atoms with van der Waals surface area (Å²) in [5, 5.41) is 3.40. The fourth-order valence-corrected chi connectivity index (χ4v) is 5.34. The second-order valence-electron chi connectivity index (χ2n) is 8.91. The molecule has 184 valence electrons. The number of aliphatic imine (C=N–C) groups is 1. The molecule has 0 aromatic rings. The number of sulfonamides is 1. The third-order valence-electron chi connectivity index (χ3n) is 5.84. The molecule has 2 fully saturated rings. The first-order chi connectivity index (χ1) is 14.2. The monoisotopic (exact) mass is 573 g/mol. The highest BCUT2D eigenvalue weighted by molar-refractivity contribution is 14.0. The summed E-state index contributed by atoms with van der Waals surface area (Å²) in [7, 11) is -3.27. The van der Waals surface area contributed by atoms with Gasteiger partial charge in [0.05, 0.1) is 18.5 Å². The van der Waals surface area contributed by atoms with Crippen LogP contribution in [-0.4, -0.2) is 105 Å². The molecular formula is C21H44IN5O3S. The molecule has 0 bridgehead atoms. The number of halogens is 1. The lowest BCUT2D eigenvalue weighted by Crippen LogP contribution is -2.54. The minimum Gasteiger partial charge on any atom is -0.378 e. The molecule has 1 atom stereocenters. The predicted octanol–water partition coefficient (Wildman–Crippen LogP) is 2.06. The van der Waals surface area contributed by atoms with Gasteiger partial charge in [-0.3, -0.25) is 4.99 Å². The smallest absolute Gasteiger partial charge is 0.216 e. The fourth-order valence-electron chi connectivity index (χ4n) is 4.05. The quantitative estimate of drug-likeness (QED) is 0.259. The van der Waals surface area contributed by atoms with Gasteiger partial charge in [0, 0.05) is 51.9 Å². The van der Waals surface area contributed by atoms with Crippen molar-refractivity contribution in [2.45, 2.75) is 59.6 Å². The highest BCUT2D eigenvalue weighted by Crippen LogP contribution is 2.19. The molecule has 2 heterocycles. The summed E-state index contributed by atoms with van der Waals surface area (Å²) < 4.78 is 32.1. The molecule has 2 rings (SSSR count). The minimum atomic E-state index is -3.27. The predicted molar refractivity (Wildman–Crippen MR) is 139 cm³/mol. The van der Waals surface area contributed by atoms with Crippen molar-refractivity contribution in [2.24, 2.45) is 10.9 Å². The van der Waals surface area contributed by atoms with E-state index in [0.29, 0.717) is 38.1 Å². The topological polar surface area (TPSA) is 77.5 Å². The molecule has 0 saturated carbocycles. The maximum Gasteiger partial charge on any atom is 0.216 e.